The Morgan fingerprint density at radius 1 is 0.889 bits per heavy atom. The van der Waals surface area contributed by atoms with Crippen LogP contribution in [0.5, 0.6) is 0 Å². The first kappa shape index (κ1) is 22.4. The number of piperidine rings is 1. The topological polar surface area (TPSA) is 57.6 Å². The molecule has 3 heterocycles. The molecule has 2 amide bonds. The number of carbonyl (C=O) groups is 2. The van der Waals surface area contributed by atoms with E-state index in [1.807, 2.05) is 78.6 Å². The first-order valence-electron chi connectivity index (χ1n) is 12.6. The Kier molecular flexibility index (Phi) is 5.52. The number of fused-ring (bicyclic) bond motifs is 1. The fourth-order valence-electron chi connectivity index (χ4n) is 5.94. The lowest BCUT2D eigenvalue weighted by Gasteiger charge is -2.43. The van der Waals surface area contributed by atoms with Gasteiger partial charge in [0.15, 0.2) is 0 Å². The SMILES string of the molecule is Cc1c(C(=O)N2CCC3(CC2)C(=O)NCN3c2ccccc2)c2ccccc2n1Cc1ccccc1. The average Bonchev–Trinajstić information content (AvgIpc) is 3.38. The first-order chi connectivity index (χ1) is 17.6. The number of rotatable bonds is 4. The van der Waals surface area contributed by atoms with Crippen molar-refractivity contribution in [3.05, 3.63) is 102 Å². The second-order valence-corrected chi connectivity index (χ2v) is 9.80. The van der Waals surface area contributed by atoms with Crippen molar-refractivity contribution < 1.29 is 9.59 Å². The molecule has 182 valence electrons. The second-order valence-electron chi connectivity index (χ2n) is 9.80. The van der Waals surface area contributed by atoms with Crippen LogP contribution in [-0.4, -0.2) is 46.6 Å². The fourth-order valence-corrected chi connectivity index (χ4v) is 5.94. The van der Waals surface area contributed by atoms with Gasteiger partial charge >= 0.3 is 0 Å². The van der Waals surface area contributed by atoms with E-state index in [1.165, 1.54) is 5.56 Å². The molecule has 6 heteroatoms. The van der Waals surface area contributed by atoms with Crippen LogP contribution in [0.3, 0.4) is 0 Å². The zero-order valence-corrected chi connectivity index (χ0v) is 20.5. The summed E-state index contributed by atoms with van der Waals surface area (Å²) in [6, 6.07) is 28.6. The Bertz CT molecular complexity index is 1420. The van der Waals surface area contributed by atoms with Gasteiger partial charge in [-0.2, -0.15) is 0 Å². The Balaban J connectivity index is 1.29. The average molecular weight is 479 g/mol. The molecule has 0 aliphatic carbocycles. The first-order valence-corrected chi connectivity index (χ1v) is 12.6. The third kappa shape index (κ3) is 3.56. The van der Waals surface area contributed by atoms with Crippen LogP contribution in [-0.2, 0) is 11.3 Å². The zero-order chi connectivity index (χ0) is 24.7. The van der Waals surface area contributed by atoms with Crippen molar-refractivity contribution in [2.45, 2.75) is 31.8 Å². The highest BCUT2D eigenvalue weighted by molar-refractivity contribution is 6.08. The number of nitrogens with zero attached hydrogens (tertiary/aromatic N) is 3. The third-order valence-electron chi connectivity index (χ3n) is 7.91. The van der Waals surface area contributed by atoms with Gasteiger partial charge in [-0.05, 0) is 43.5 Å². The Labute approximate surface area is 211 Å². The quantitative estimate of drug-likeness (QED) is 0.468. The summed E-state index contributed by atoms with van der Waals surface area (Å²) in [6.45, 7) is 4.36. The molecule has 2 saturated heterocycles. The number of anilines is 1. The van der Waals surface area contributed by atoms with Gasteiger partial charge in [-0.1, -0.05) is 66.7 Å². The number of aromatic nitrogens is 1. The lowest BCUT2D eigenvalue weighted by molar-refractivity contribution is -0.124. The number of nitrogens with one attached hydrogen (secondary N) is 1. The van der Waals surface area contributed by atoms with Gasteiger partial charge in [0, 0.05) is 41.9 Å². The van der Waals surface area contributed by atoms with Crippen molar-refractivity contribution >= 4 is 28.4 Å². The Hall–Kier alpha value is -4.06. The lowest BCUT2D eigenvalue weighted by Crippen LogP contribution is -2.57. The molecule has 2 aliphatic rings. The highest BCUT2D eigenvalue weighted by atomic mass is 16.2. The van der Waals surface area contributed by atoms with E-state index in [1.54, 1.807) is 0 Å². The minimum Gasteiger partial charge on any atom is -0.340 e. The van der Waals surface area contributed by atoms with Gasteiger partial charge in [0.25, 0.3) is 5.91 Å². The molecule has 0 atom stereocenters. The van der Waals surface area contributed by atoms with E-state index in [0.717, 1.165) is 34.4 Å². The highest BCUT2D eigenvalue weighted by Gasteiger charge is 2.51. The molecular weight excluding hydrogens is 448 g/mol. The second kappa shape index (κ2) is 8.86. The maximum Gasteiger partial charge on any atom is 0.256 e. The van der Waals surface area contributed by atoms with Crippen molar-refractivity contribution in [2.24, 2.45) is 0 Å². The molecule has 6 rings (SSSR count). The highest BCUT2D eigenvalue weighted by Crippen LogP contribution is 2.37. The predicted molar refractivity (Wildman–Crippen MR) is 142 cm³/mol. The number of likely N-dealkylation sites (tertiary alicyclic amines) is 1. The summed E-state index contributed by atoms with van der Waals surface area (Å²) < 4.78 is 2.24. The Morgan fingerprint density at radius 2 is 1.53 bits per heavy atom. The summed E-state index contributed by atoms with van der Waals surface area (Å²) in [4.78, 5) is 31.1. The van der Waals surface area contributed by atoms with Crippen LogP contribution in [0.2, 0.25) is 0 Å². The van der Waals surface area contributed by atoms with Crippen molar-refractivity contribution in [1.29, 1.82) is 0 Å². The molecule has 0 saturated carbocycles. The van der Waals surface area contributed by atoms with Crippen molar-refractivity contribution in [3.63, 3.8) is 0 Å². The van der Waals surface area contributed by atoms with E-state index < -0.39 is 5.54 Å². The van der Waals surface area contributed by atoms with Crippen LogP contribution in [0.4, 0.5) is 5.69 Å². The molecule has 2 fully saturated rings. The molecule has 0 bridgehead atoms. The summed E-state index contributed by atoms with van der Waals surface area (Å²) in [5.74, 6) is 0.115. The number of hydrogen-bond donors (Lipinski definition) is 1. The summed E-state index contributed by atoms with van der Waals surface area (Å²) in [7, 11) is 0. The van der Waals surface area contributed by atoms with Crippen LogP contribution < -0.4 is 10.2 Å². The normalized spacial score (nSPS) is 17.1. The minimum atomic E-state index is -0.603. The molecule has 36 heavy (non-hydrogen) atoms. The summed E-state index contributed by atoms with van der Waals surface area (Å²) in [5.41, 5.74) is 4.46. The molecule has 2 aliphatic heterocycles. The zero-order valence-electron chi connectivity index (χ0n) is 20.5. The van der Waals surface area contributed by atoms with Crippen molar-refractivity contribution in [3.8, 4) is 0 Å². The molecule has 4 aromatic rings. The van der Waals surface area contributed by atoms with E-state index in [9.17, 15) is 9.59 Å². The lowest BCUT2D eigenvalue weighted by atomic mass is 9.85. The van der Waals surface area contributed by atoms with Gasteiger partial charge in [0.2, 0.25) is 5.91 Å². The molecule has 6 nitrogen and oxygen atoms in total. The number of benzene rings is 3. The maximum absolute atomic E-state index is 13.9. The van der Waals surface area contributed by atoms with E-state index in [0.29, 0.717) is 32.6 Å². The molecule has 3 aromatic carbocycles. The van der Waals surface area contributed by atoms with Gasteiger partial charge in [-0.25, -0.2) is 0 Å². The number of carbonyl (C=O) groups excluding carboxylic acids is 2. The van der Waals surface area contributed by atoms with Crippen molar-refractivity contribution in [1.82, 2.24) is 14.8 Å². The smallest absolute Gasteiger partial charge is 0.256 e. The molecule has 0 radical (unpaired) electrons. The molecular formula is C30H30N4O2. The van der Waals surface area contributed by atoms with Crippen LogP contribution in [0.15, 0.2) is 84.9 Å². The van der Waals surface area contributed by atoms with Crippen molar-refractivity contribution in [2.75, 3.05) is 24.7 Å². The summed E-state index contributed by atoms with van der Waals surface area (Å²) in [6.07, 6.45) is 1.22. The maximum atomic E-state index is 13.9. The van der Waals surface area contributed by atoms with Gasteiger partial charge in [-0.3, -0.25) is 9.59 Å². The molecule has 1 spiro atoms. The molecule has 1 aromatic heterocycles. The van der Waals surface area contributed by atoms with Gasteiger partial charge in [-0.15, -0.1) is 0 Å². The molecule has 0 unspecified atom stereocenters. The van der Waals surface area contributed by atoms with Crippen LogP contribution >= 0.6 is 0 Å². The summed E-state index contributed by atoms with van der Waals surface area (Å²) in [5, 5.41) is 4.03. The summed E-state index contributed by atoms with van der Waals surface area (Å²) >= 11 is 0. The minimum absolute atomic E-state index is 0.0510. The van der Waals surface area contributed by atoms with E-state index >= 15 is 0 Å². The number of hydrogen-bond acceptors (Lipinski definition) is 3. The van der Waals surface area contributed by atoms with Crippen LogP contribution in [0, 0.1) is 6.92 Å². The Morgan fingerprint density at radius 3 is 2.25 bits per heavy atom. The molecule has 1 N–H and O–H groups in total. The largest absolute Gasteiger partial charge is 0.340 e. The van der Waals surface area contributed by atoms with Gasteiger partial charge in [0.05, 0.1) is 12.2 Å². The standard InChI is InChI=1S/C30H30N4O2/c1-22-27(25-14-8-9-15-26(25)33(22)20-23-10-4-2-5-11-23)28(35)32-18-16-30(17-19-32)29(36)31-21-34(30)24-12-6-3-7-13-24/h2-15H,16-21H2,1H3,(H,31,36). The fraction of sp³-hybridized carbons (Fsp3) is 0.267. The monoisotopic (exact) mass is 478 g/mol. The van der Waals surface area contributed by atoms with Crippen LogP contribution in [0.25, 0.3) is 10.9 Å². The predicted octanol–water partition coefficient (Wildman–Crippen LogP) is 4.57. The van der Waals surface area contributed by atoms with E-state index in [2.05, 4.69) is 33.0 Å². The third-order valence-corrected chi connectivity index (χ3v) is 7.91. The van der Waals surface area contributed by atoms with E-state index in [4.69, 9.17) is 0 Å². The van der Waals surface area contributed by atoms with Gasteiger partial charge in [0.1, 0.15) is 5.54 Å². The number of amides is 2. The number of para-hydroxylation sites is 2. The van der Waals surface area contributed by atoms with Gasteiger partial charge < -0.3 is 19.7 Å². The van der Waals surface area contributed by atoms with E-state index in [-0.39, 0.29) is 11.8 Å². The van der Waals surface area contributed by atoms with Crippen LogP contribution in [0.1, 0.15) is 34.5 Å².